The van der Waals surface area contributed by atoms with Crippen LogP contribution >= 0.6 is 0 Å². The van der Waals surface area contributed by atoms with E-state index in [1.165, 1.54) is 5.56 Å². The number of guanidine groups is 1. The highest BCUT2D eigenvalue weighted by Gasteiger charge is 2.03. The summed E-state index contributed by atoms with van der Waals surface area (Å²) in [6, 6.07) is 15.9. The molecule has 22 heavy (non-hydrogen) atoms. The van der Waals surface area contributed by atoms with Gasteiger partial charge in [-0.3, -0.25) is 0 Å². The molecule has 5 nitrogen and oxygen atoms in total. The molecule has 0 radical (unpaired) electrons. The minimum atomic E-state index is 0.600. The molecule has 0 unspecified atom stereocenters. The summed E-state index contributed by atoms with van der Waals surface area (Å²) in [4.78, 5) is 11.0. The molecule has 0 fully saturated rings. The first-order valence-electron chi connectivity index (χ1n) is 7.18. The van der Waals surface area contributed by atoms with Gasteiger partial charge in [0.05, 0.1) is 25.9 Å². The predicted octanol–water partition coefficient (Wildman–Crippen LogP) is 2.30. The molecule has 0 aliphatic carbocycles. The van der Waals surface area contributed by atoms with Crippen LogP contribution in [0.15, 0.2) is 53.5 Å². The lowest BCUT2D eigenvalue weighted by molar-refractivity contribution is 0.396. The first kappa shape index (κ1) is 15.8. The molecular formula is C17H22N4O. The predicted molar refractivity (Wildman–Crippen MR) is 88.9 cm³/mol. The molecule has 0 amide bonds. The van der Waals surface area contributed by atoms with Crippen LogP contribution in [0.25, 0.3) is 0 Å². The van der Waals surface area contributed by atoms with Gasteiger partial charge < -0.3 is 15.0 Å². The van der Waals surface area contributed by atoms with Crippen LogP contribution in [0.3, 0.4) is 0 Å². The molecule has 1 aromatic carbocycles. The number of methoxy groups -OCH3 is 1. The largest absolute Gasteiger partial charge is 0.481 e. The van der Waals surface area contributed by atoms with E-state index in [9.17, 15) is 0 Å². The summed E-state index contributed by atoms with van der Waals surface area (Å²) in [7, 11) is 5.55. The van der Waals surface area contributed by atoms with Crippen molar-refractivity contribution in [2.75, 3.05) is 21.2 Å². The van der Waals surface area contributed by atoms with Crippen LogP contribution in [0, 0.1) is 0 Å². The SMILES string of the molecule is COc1cccc(CNC(=NCc2ccccc2)N(C)C)n1. The summed E-state index contributed by atoms with van der Waals surface area (Å²) in [5, 5.41) is 3.31. The number of ether oxygens (including phenoxy) is 1. The van der Waals surface area contributed by atoms with Gasteiger partial charge in [-0.2, -0.15) is 0 Å². The number of rotatable bonds is 5. The second kappa shape index (κ2) is 8.02. The van der Waals surface area contributed by atoms with Crippen molar-refractivity contribution in [2.45, 2.75) is 13.1 Å². The van der Waals surface area contributed by atoms with Crippen molar-refractivity contribution in [3.05, 3.63) is 59.8 Å². The summed E-state index contributed by atoms with van der Waals surface area (Å²) in [6.07, 6.45) is 0. The Bertz CT molecular complexity index is 611. The zero-order chi connectivity index (χ0) is 15.8. The molecular weight excluding hydrogens is 276 g/mol. The van der Waals surface area contributed by atoms with Crippen molar-refractivity contribution in [1.29, 1.82) is 0 Å². The zero-order valence-corrected chi connectivity index (χ0v) is 13.3. The number of pyridine rings is 1. The van der Waals surface area contributed by atoms with E-state index >= 15 is 0 Å². The fourth-order valence-corrected chi connectivity index (χ4v) is 1.94. The molecule has 0 spiro atoms. The average Bonchev–Trinajstić information content (AvgIpc) is 2.55. The lowest BCUT2D eigenvalue weighted by Gasteiger charge is -2.17. The Kier molecular flexibility index (Phi) is 5.77. The van der Waals surface area contributed by atoms with E-state index in [0.29, 0.717) is 19.0 Å². The van der Waals surface area contributed by atoms with Gasteiger partial charge in [-0.15, -0.1) is 0 Å². The maximum Gasteiger partial charge on any atom is 0.213 e. The molecule has 1 N–H and O–H groups in total. The molecule has 116 valence electrons. The summed E-state index contributed by atoms with van der Waals surface area (Å²) < 4.78 is 5.13. The van der Waals surface area contributed by atoms with Crippen molar-refractivity contribution < 1.29 is 4.74 Å². The molecule has 0 saturated carbocycles. The standard InChI is InChI=1S/C17H22N4O/c1-21(2)17(18-12-14-8-5-4-6-9-14)19-13-15-10-7-11-16(20-15)22-3/h4-11H,12-13H2,1-3H3,(H,18,19). The molecule has 0 bridgehead atoms. The number of nitrogens with one attached hydrogen (secondary N) is 1. The fraction of sp³-hybridized carbons (Fsp3) is 0.294. The molecule has 0 aliphatic heterocycles. The number of benzene rings is 1. The number of hydrogen-bond donors (Lipinski definition) is 1. The van der Waals surface area contributed by atoms with Crippen LogP contribution in [0.2, 0.25) is 0 Å². The van der Waals surface area contributed by atoms with Gasteiger partial charge in [0.2, 0.25) is 5.88 Å². The van der Waals surface area contributed by atoms with Crippen molar-refractivity contribution in [3.63, 3.8) is 0 Å². The molecule has 0 atom stereocenters. The van der Waals surface area contributed by atoms with E-state index in [4.69, 9.17) is 4.74 Å². The minimum absolute atomic E-state index is 0.600. The smallest absolute Gasteiger partial charge is 0.213 e. The normalized spacial score (nSPS) is 11.1. The summed E-state index contributed by atoms with van der Waals surface area (Å²) in [5.74, 6) is 1.44. The second-order valence-corrected chi connectivity index (χ2v) is 5.04. The Morgan fingerprint density at radius 1 is 1.14 bits per heavy atom. The summed E-state index contributed by atoms with van der Waals surface area (Å²) >= 11 is 0. The molecule has 0 aliphatic rings. The van der Waals surface area contributed by atoms with Crippen LogP contribution in [-0.2, 0) is 13.1 Å². The van der Waals surface area contributed by atoms with E-state index < -0.39 is 0 Å². The second-order valence-electron chi connectivity index (χ2n) is 5.04. The van der Waals surface area contributed by atoms with Gasteiger partial charge in [0, 0.05) is 20.2 Å². The van der Waals surface area contributed by atoms with Crippen molar-refractivity contribution in [2.24, 2.45) is 4.99 Å². The third kappa shape index (κ3) is 4.77. The van der Waals surface area contributed by atoms with Crippen LogP contribution in [0.5, 0.6) is 5.88 Å². The van der Waals surface area contributed by atoms with Gasteiger partial charge in [0.15, 0.2) is 5.96 Å². The number of aromatic nitrogens is 1. The van der Waals surface area contributed by atoms with Gasteiger partial charge >= 0.3 is 0 Å². The lowest BCUT2D eigenvalue weighted by Crippen LogP contribution is -2.36. The van der Waals surface area contributed by atoms with E-state index in [-0.39, 0.29) is 0 Å². The fourth-order valence-electron chi connectivity index (χ4n) is 1.94. The molecule has 1 aromatic heterocycles. The van der Waals surface area contributed by atoms with Gasteiger partial charge in [-0.1, -0.05) is 36.4 Å². The molecule has 5 heteroatoms. The van der Waals surface area contributed by atoms with Crippen LogP contribution in [-0.4, -0.2) is 37.0 Å². The number of nitrogens with zero attached hydrogens (tertiary/aromatic N) is 3. The van der Waals surface area contributed by atoms with Gasteiger partial charge in [-0.05, 0) is 11.6 Å². The minimum Gasteiger partial charge on any atom is -0.481 e. The molecule has 1 heterocycles. The van der Waals surface area contributed by atoms with Crippen molar-refractivity contribution in [1.82, 2.24) is 15.2 Å². The van der Waals surface area contributed by atoms with Crippen molar-refractivity contribution in [3.8, 4) is 5.88 Å². The van der Waals surface area contributed by atoms with Crippen molar-refractivity contribution >= 4 is 5.96 Å². The van der Waals surface area contributed by atoms with E-state index in [1.54, 1.807) is 7.11 Å². The highest BCUT2D eigenvalue weighted by Crippen LogP contribution is 2.06. The Hall–Kier alpha value is -2.56. The Morgan fingerprint density at radius 2 is 1.91 bits per heavy atom. The first-order chi connectivity index (χ1) is 10.7. The highest BCUT2D eigenvalue weighted by molar-refractivity contribution is 5.79. The third-order valence-corrected chi connectivity index (χ3v) is 3.10. The van der Waals surface area contributed by atoms with Gasteiger partial charge in [0.25, 0.3) is 0 Å². The zero-order valence-electron chi connectivity index (χ0n) is 13.3. The monoisotopic (exact) mass is 298 g/mol. The van der Waals surface area contributed by atoms with Gasteiger partial charge in [0.1, 0.15) is 0 Å². The Balaban J connectivity index is 1.99. The summed E-state index contributed by atoms with van der Waals surface area (Å²) in [5.41, 5.74) is 2.09. The average molecular weight is 298 g/mol. The third-order valence-electron chi connectivity index (χ3n) is 3.10. The van der Waals surface area contributed by atoms with Crippen LogP contribution in [0.4, 0.5) is 0 Å². The quantitative estimate of drug-likeness (QED) is 0.680. The maximum absolute atomic E-state index is 5.13. The lowest BCUT2D eigenvalue weighted by atomic mass is 10.2. The summed E-state index contributed by atoms with van der Waals surface area (Å²) in [6.45, 7) is 1.25. The van der Waals surface area contributed by atoms with E-state index in [0.717, 1.165) is 11.7 Å². The molecule has 2 aromatic rings. The Labute approximate surface area is 131 Å². The highest BCUT2D eigenvalue weighted by atomic mass is 16.5. The Morgan fingerprint density at radius 3 is 2.59 bits per heavy atom. The maximum atomic E-state index is 5.13. The first-order valence-corrected chi connectivity index (χ1v) is 7.18. The number of hydrogen-bond acceptors (Lipinski definition) is 3. The van der Waals surface area contributed by atoms with E-state index in [2.05, 4.69) is 27.4 Å². The molecule has 2 rings (SSSR count). The number of aliphatic imine (C=N–C) groups is 1. The molecule has 0 saturated heterocycles. The van der Waals surface area contributed by atoms with Crippen LogP contribution in [0.1, 0.15) is 11.3 Å². The van der Waals surface area contributed by atoms with E-state index in [1.807, 2.05) is 55.4 Å². The topological polar surface area (TPSA) is 49.8 Å². The van der Waals surface area contributed by atoms with Gasteiger partial charge in [-0.25, -0.2) is 9.98 Å². The van der Waals surface area contributed by atoms with Crippen LogP contribution < -0.4 is 10.1 Å².